The molecule has 2 rings (SSSR count). The van der Waals surface area contributed by atoms with Crippen LogP contribution in [0.25, 0.3) is 0 Å². The van der Waals surface area contributed by atoms with E-state index in [-0.39, 0.29) is 30.2 Å². The second-order valence-corrected chi connectivity index (χ2v) is 6.13. The number of halogens is 2. The molecule has 0 saturated carbocycles. The average Bonchev–Trinajstić information content (AvgIpc) is 2.51. The van der Waals surface area contributed by atoms with Crippen molar-refractivity contribution in [3.05, 3.63) is 35.6 Å². The van der Waals surface area contributed by atoms with Gasteiger partial charge in [0.15, 0.2) is 0 Å². The first-order valence-corrected chi connectivity index (χ1v) is 7.81. The van der Waals surface area contributed by atoms with Crippen molar-refractivity contribution in [2.75, 3.05) is 26.8 Å². The minimum absolute atomic E-state index is 0. The molecule has 4 nitrogen and oxygen atoms in total. The third-order valence-electron chi connectivity index (χ3n) is 4.32. The first-order chi connectivity index (χ1) is 10.6. The van der Waals surface area contributed by atoms with Gasteiger partial charge in [-0.3, -0.25) is 4.79 Å². The fourth-order valence-corrected chi connectivity index (χ4v) is 3.04. The minimum atomic E-state index is -0.469. The number of piperidine rings is 1. The molecule has 0 aliphatic carbocycles. The van der Waals surface area contributed by atoms with Crippen molar-refractivity contribution in [2.45, 2.75) is 32.2 Å². The zero-order chi connectivity index (χ0) is 16.0. The van der Waals surface area contributed by atoms with E-state index in [4.69, 9.17) is 4.74 Å². The number of nitrogens with one attached hydrogen (secondary N) is 2. The maximum atomic E-state index is 13.7. The van der Waals surface area contributed by atoms with E-state index in [2.05, 4.69) is 10.6 Å². The Morgan fingerprint density at radius 3 is 2.65 bits per heavy atom. The van der Waals surface area contributed by atoms with E-state index in [0.717, 1.165) is 25.9 Å². The van der Waals surface area contributed by atoms with Crippen LogP contribution in [0.15, 0.2) is 24.3 Å². The molecule has 0 aromatic heterocycles. The first-order valence-electron chi connectivity index (χ1n) is 7.81. The molecule has 1 aliphatic heterocycles. The van der Waals surface area contributed by atoms with E-state index in [1.807, 2.05) is 13.0 Å². The van der Waals surface area contributed by atoms with Gasteiger partial charge in [-0.15, -0.1) is 12.4 Å². The van der Waals surface area contributed by atoms with Crippen molar-refractivity contribution in [1.82, 2.24) is 10.6 Å². The standard InChI is InChI=1S/C17H25FN2O2.ClH/c1-13(11-14-5-3-4-6-15(14)18)20-16(21)17(12-22-2)7-9-19-10-8-17;/h3-6,13,19H,7-12H2,1-2H3,(H,20,21);1H. The molecular formula is C17H26ClFN2O2. The van der Waals surface area contributed by atoms with Gasteiger partial charge in [0, 0.05) is 13.2 Å². The van der Waals surface area contributed by atoms with Gasteiger partial charge in [-0.25, -0.2) is 4.39 Å². The molecule has 0 bridgehead atoms. The highest BCUT2D eigenvalue weighted by Gasteiger charge is 2.40. The van der Waals surface area contributed by atoms with Crippen LogP contribution < -0.4 is 10.6 Å². The van der Waals surface area contributed by atoms with Gasteiger partial charge in [0.2, 0.25) is 5.91 Å². The van der Waals surface area contributed by atoms with E-state index in [0.29, 0.717) is 18.6 Å². The molecular weight excluding hydrogens is 319 g/mol. The van der Waals surface area contributed by atoms with Gasteiger partial charge in [-0.1, -0.05) is 18.2 Å². The Kier molecular flexibility index (Phi) is 7.95. The number of rotatable bonds is 6. The van der Waals surface area contributed by atoms with Gasteiger partial charge in [-0.2, -0.15) is 0 Å². The van der Waals surface area contributed by atoms with Crippen LogP contribution in [0, 0.1) is 11.2 Å². The largest absolute Gasteiger partial charge is 0.384 e. The molecule has 1 aromatic rings. The lowest BCUT2D eigenvalue weighted by atomic mass is 9.78. The highest BCUT2D eigenvalue weighted by molar-refractivity contribution is 5.85. The zero-order valence-electron chi connectivity index (χ0n) is 13.7. The summed E-state index contributed by atoms with van der Waals surface area (Å²) in [6.45, 7) is 3.97. The van der Waals surface area contributed by atoms with Gasteiger partial charge in [0.05, 0.1) is 12.0 Å². The summed E-state index contributed by atoms with van der Waals surface area (Å²) in [5.74, 6) is -0.211. The van der Waals surface area contributed by atoms with E-state index in [1.165, 1.54) is 6.07 Å². The van der Waals surface area contributed by atoms with Crippen LogP contribution in [0.5, 0.6) is 0 Å². The number of hydrogen-bond donors (Lipinski definition) is 2. The summed E-state index contributed by atoms with van der Waals surface area (Å²) in [5, 5.41) is 6.31. The number of carbonyl (C=O) groups excluding carboxylic acids is 1. The number of benzene rings is 1. The van der Waals surface area contributed by atoms with Crippen LogP contribution in [0.3, 0.4) is 0 Å². The van der Waals surface area contributed by atoms with Crippen LogP contribution in [-0.2, 0) is 16.0 Å². The van der Waals surface area contributed by atoms with Gasteiger partial charge in [0.1, 0.15) is 5.82 Å². The van der Waals surface area contributed by atoms with E-state index >= 15 is 0 Å². The molecule has 1 unspecified atom stereocenters. The summed E-state index contributed by atoms with van der Waals surface area (Å²) >= 11 is 0. The molecule has 1 heterocycles. The molecule has 1 aromatic carbocycles. The molecule has 6 heteroatoms. The summed E-state index contributed by atoms with van der Waals surface area (Å²) in [6, 6.07) is 6.57. The second-order valence-electron chi connectivity index (χ2n) is 6.13. The van der Waals surface area contributed by atoms with Gasteiger partial charge < -0.3 is 15.4 Å². The lowest BCUT2D eigenvalue weighted by Crippen LogP contribution is -2.52. The Morgan fingerprint density at radius 2 is 2.04 bits per heavy atom. The molecule has 1 saturated heterocycles. The average molecular weight is 345 g/mol. The van der Waals surface area contributed by atoms with Crippen molar-refractivity contribution < 1.29 is 13.9 Å². The highest BCUT2D eigenvalue weighted by atomic mass is 35.5. The minimum Gasteiger partial charge on any atom is -0.384 e. The molecule has 130 valence electrons. The van der Waals surface area contributed by atoms with Crippen LogP contribution in [0.2, 0.25) is 0 Å². The summed E-state index contributed by atoms with van der Waals surface area (Å²) in [4.78, 5) is 12.7. The maximum Gasteiger partial charge on any atom is 0.228 e. The molecule has 2 N–H and O–H groups in total. The molecule has 1 fully saturated rings. The summed E-state index contributed by atoms with van der Waals surface area (Å²) in [7, 11) is 1.62. The first kappa shape index (κ1) is 19.9. The predicted molar refractivity (Wildman–Crippen MR) is 91.4 cm³/mol. The number of ether oxygens (including phenoxy) is 1. The fourth-order valence-electron chi connectivity index (χ4n) is 3.04. The Morgan fingerprint density at radius 1 is 1.39 bits per heavy atom. The quantitative estimate of drug-likeness (QED) is 0.832. The number of carbonyl (C=O) groups is 1. The molecule has 0 radical (unpaired) electrons. The normalized spacial score (nSPS) is 17.9. The number of amides is 1. The second kappa shape index (κ2) is 9.21. The molecule has 1 amide bonds. The van der Waals surface area contributed by atoms with Crippen molar-refractivity contribution in [3.63, 3.8) is 0 Å². The number of hydrogen-bond acceptors (Lipinski definition) is 3. The summed E-state index contributed by atoms with van der Waals surface area (Å²) in [5.41, 5.74) is 0.158. The van der Waals surface area contributed by atoms with Crippen LogP contribution >= 0.6 is 12.4 Å². The van der Waals surface area contributed by atoms with Gasteiger partial charge >= 0.3 is 0 Å². The maximum absolute atomic E-state index is 13.7. The molecule has 23 heavy (non-hydrogen) atoms. The molecule has 1 aliphatic rings. The summed E-state index contributed by atoms with van der Waals surface area (Å²) < 4.78 is 19.0. The fraction of sp³-hybridized carbons (Fsp3) is 0.588. The third-order valence-corrected chi connectivity index (χ3v) is 4.32. The Hall–Kier alpha value is -1.17. The van der Waals surface area contributed by atoms with Crippen molar-refractivity contribution in [2.24, 2.45) is 5.41 Å². The van der Waals surface area contributed by atoms with Crippen LogP contribution in [0.1, 0.15) is 25.3 Å². The summed E-state index contributed by atoms with van der Waals surface area (Å²) in [6.07, 6.45) is 2.01. The smallest absolute Gasteiger partial charge is 0.228 e. The van der Waals surface area contributed by atoms with Gasteiger partial charge in [-0.05, 0) is 50.9 Å². The monoisotopic (exact) mass is 344 g/mol. The van der Waals surface area contributed by atoms with Crippen molar-refractivity contribution in [3.8, 4) is 0 Å². The SMILES string of the molecule is COCC1(C(=O)NC(C)Cc2ccccc2F)CCNCC1.Cl. The lowest BCUT2D eigenvalue weighted by molar-refractivity contribution is -0.136. The van der Waals surface area contributed by atoms with Crippen molar-refractivity contribution in [1.29, 1.82) is 0 Å². The Bertz CT molecular complexity index is 502. The highest BCUT2D eigenvalue weighted by Crippen LogP contribution is 2.29. The van der Waals surface area contributed by atoms with E-state index in [9.17, 15) is 9.18 Å². The number of methoxy groups -OCH3 is 1. The van der Waals surface area contributed by atoms with Gasteiger partial charge in [0.25, 0.3) is 0 Å². The van der Waals surface area contributed by atoms with Crippen LogP contribution in [-0.4, -0.2) is 38.8 Å². The third kappa shape index (κ3) is 5.16. The Balaban J connectivity index is 0.00000264. The van der Waals surface area contributed by atoms with E-state index in [1.54, 1.807) is 19.2 Å². The van der Waals surface area contributed by atoms with E-state index < -0.39 is 5.41 Å². The van der Waals surface area contributed by atoms with Crippen LogP contribution in [0.4, 0.5) is 4.39 Å². The van der Waals surface area contributed by atoms with Crippen molar-refractivity contribution >= 4 is 18.3 Å². The molecule has 0 spiro atoms. The topological polar surface area (TPSA) is 50.4 Å². The predicted octanol–water partition coefficient (Wildman–Crippen LogP) is 2.31. The lowest BCUT2D eigenvalue weighted by Gasteiger charge is -2.36. The Labute approximate surface area is 143 Å². The molecule has 1 atom stereocenters. The zero-order valence-corrected chi connectivity index (χ0v) is 14.5.